The van der Waals surface area contributed by atoms with Crippen molar-refractivity contribution in [1.29, 1.82) is 0 Å². The molecule has 0 bridgehead atoms. The Morgan fingerprint density at radius 2 is 1.60 bits per heavy atom. The van der Waals surface area contributed by atoms with Crippen molar-refractivity contribution in [3.05, 3.63) is 66.2 Å². The first-order valence-electron chi connectivity index (χ1n) is 10.3. The van der Waals surface area contributed by atoms with Crippen LogP contribution in [0.4, 0.5) is 0 Å². The summed E-state index contributed by atoms with van der Waals surface area (Å²) < 4.78 is 16.9. The molecule has 1 N–H and O–H groups in total. The van der Waals surface area contributed by atoms with E-state index in [2.05, 4.69) is 5.32 Å². The Labute approximate surface area is 178 Å². The molecule has 5 nitrogen and oxygen atoms in total. The minimum absolute atomic E-state index is 0.132. The molecule has 1 amide bonds. The molecule has 5 heteroatoms. The van der Waals surface area contributed by atoms with Gasteiger partial charge in [0.25, 0.3) is 5.91 Å². The van der Waals surface area contributed by atoms with Gasteiger partial charge in [-0.1, -0.05) is 56.3 Å². The first-order chi connectivity index (χ1) is 14.6. The number of nitrogens with one attached hydrogen (secondary N) is 1. The van der Waals surface area contributed by atoms with Crippen molar-refractivity contribution in [2.75, 3.05) is 14.2 Å². The highest BCUT2D eigenvalue weighted by Gasteiger charge is 2.23. The van der Waals surface area contributed by atoms with E-state index in [1.165, 1.54) is 0 Å². The van der Waals surface area contributed by atoms with E-state index < -0.39 is 6.10 Å². The molecule has 0 aliphatic rings. The lowest BCUT2D eigenvalue weighted by Gasteiger charge is -2.23. The SMILES string of the molecule is CC[C@@H](Oc1cccc2ccccc12)C(=O)N[C@H](CC)c1ccc(OC)c(OC)c1. The number of amides is 1. The highest BCUT2D eigenvalue weighted by molar-refractivity contribution is 5.89. The molecule has 3 aromatic rings. The van der Waals surface area contributed by atoms with E-state index in [4.69, 9.17) is 14.2 Å². The van der Waals surface area contributed by atoms with Gasteiger partial charge in [0, 0.05) is 5.39 Å². The van der Waals surface area contributed by atoms with Gasteiger partial charge in [-0.15, -0.1) is 0 Å². The molecule has 0 saturated carbocycles. The second-order valence-electron chi connectivity index (χ2n) is 7.08. The number of fused-ring (bicyclic) bond motifs is 1. The van der Waals surface area contributed by atoms with Crippen LogP contribution >= 0.6 is 0 Å². The quantitative estimate of drug-likeness (QED) is 0.524. The Balaban J connectivity index is 1.78. The van der Waals surface area contributed by atoms with Crippen LogP contribution < -0.4 is 19.5 Å². The number of carbonyl (C=O) groups is 1. The number of ether oxygens (including phenoxy) is 3. The van der Waals surface area contributed by atoms with Crippen LogP contribution in [0.3, 0.4) is 0 Å². The van der Waals surface area contributed by atoms with Gasteiger partial charge in [-0.2, -0.15) is 0 Å². The molecule has 0 saturated heterocycles. The van der Waals surface area contributed by atoms with Crippen molar-refractivity contribution in [3.8, 4) is 17.2 Å². The number of carbonyl (C=O) groups excluding carboxylic acids is 1. The molecule has 0 aromatic heterocycles. The van der Waals surface area contributed by atoms with E-state index in [0.717, 1.165) is 22.8 Å². The molecule has 0 heterocycles. The third-order valence-corrected chi connectivity index (χ3v) is 5.22. The zero-order valence-corrected chi connectivity index (χ0v) is 18.0. The Bertz CT molecular complexity index is 996. The number of benzene rings is 3. The van der Waals surface area contributed by atoms with Crippen molar-refractivity contribution < 1.29 is 19.0 Å². The zero-order valence-electron chi connectivity index (χ0n) is 18.0. The van der Waals surface area contributed by atoms with Gasteiger partial charge >= 0.3 is 0 Å². The summed E-state index contributed by atoms with van der Waals surface area (Å²) >= 11 is 0. The minimum atomic E-state index is -0.579. The predicted molar refractivity (Wildman–Crippen MR) is 119 cm³/mol. The summed E-state index contributed by atoms with van der Waals surface area (Å²) in [6.45, 7) is 3.99. The van der Waals surface area contributed by atoms with Crippen molar-refractivity contribution >= 4 is 16.7 Å². The van der Waals surface area contributed by atoms with Gasteiger partial charge in [-0.25, -0.2) is 0 Å². The van der Waals surface area contributed by atoms with E-state index in [-0.39, 0.29) is 11.9 Å². The van der Waals surface area contributed by atoms with Gasteiger partial charge in [0.2, 0.25) is 0 Å². The smallest absolute Gasteiger partial charge is 0.261 e. The summed E-state index contributed by atoms with van der Waals surface area (Å²) in [5.41, 5.74) is 0.962. The van der Waals surface area contributed by atoms with Crippen LogP contribution in [-0.4, -0.2) is 26.2 Å². The highest BCUT2D eigenvalue weighted by atomic mass is 16.5. The van der Waals surface area contributed by atoms with Crippen LogP contribution in [0.25, 0.3) is 10.8 Å². The van der Waals surface area contributed by atoms with Gasteiger partial charge in [0.05, 0.1) is 20.3 Å². The molecule has 2 atom stereocenters. The zero-order chi connectivity index (χ0) is 21.5. The normalized spacial score (nSPS) is 12.8. The molecule has 30 heavy (non-hydrogen) atoms. The fourth-order valence-electron chi connectivity index (χ4n) is 3.53. The Morgan fingerprint density at radius 1 is 0.867 bits per heavy atom. The summed E-state index contributed by atoms with van der Waals surface area (Å²) in [4.78, 5) is 13.0. The number of hydrogen-bond acceptors (Lipinski definition) is 4. The molecule has 0 fully saturated rings. The first-order valence-corrected chi connectivity index (χ1v) is 10.3. The molecule has 0 spiro atoms. The maximum Gasteiger partial charge on any atom is 0.261 e. The average molecular weight is 408 g/mol. The summed E-state index contributed by atoms with van der Waals surface area (Å²) in [6.07, 6.45) is 0.730. The largest absolute Gasteiger partial charge is 0.493 e. The number of methoxy groups -OCH3 is 2. The predicted octanol–water partition coefficient (Wildman–Crippen LogP) is 5.28. The lowest BCUT2D eigenvalue weighted by molar-refractivity contribution is -0.128. The Kier molecular flexibility index (Phi) is 7.17. The van der Waals surface area contributed by atoms with Gasteiger partial charge < -0.3 is 19.5 Å². The number of rotatable bonds is 9. The second-order valence-corrected chi connectivity index (χ2v) is 7.08. The van der Waals surface area contributed by atoms with E-state index in [1.807, 2.05) is 74.5 Å². The van der Waals surface area contributed by atoms with E-state index in [1.54, 1.807) is 14.2 Å². The molecule has 3 aromatic carbocycles. The van der Waals surface area contributed by atoms with Crippen molar-refractivity contribution in [1.82, 2.24) is 5.32 Å². The topological polar surface area (TPSA) is 56.8 Å². The van der Waals surface area contributed by atoms with Crippen LogP contribution in [0.2, 0.25) is 0 Å². The molecule has 3 rings (SSSR count). The van der Waals surface area contributed by atoms with E-state index >= 15 is 0 Å². The summed E-state index contributed by atoms with van der Waals surface area (Å²) in [6, 6.07) is 19.4. The third kappa shape index (κ3) is 4.67. The standard InChI is InChI=1S/C25H29NO4/c1-5-20(18-14-15-23(28-3)24(16-18)29-4)26-25(27)21(6-2)30-22-13-9-11-17-10-7-8-12-19(17)22/h7-16,20-21H,5-6H2,1-4H3,(H,26,27)/t20-,21-/m1/s1. The second kappa shape index (κ2) is 10.0. The van der Waals surface area contributed by atoms with E-state index in [9.17, 15) is 4.79 Å². The molecule has 0 aliphatic heterocycles. The fourth-order valence-corrected chi connectivity index (χ4v) is 3.53. The maximum atomic E-state index is 13.0. The maximum absolute atomic E-state index is 13.0. The molecule has 0 aliphatic carbocycles. The summed E-state index contributed by atoms with van der Waals surface area (Å²) in [7, 11) is 3.21. The fraction of sp³-hybridized carbons (Fsp3) is 0.320. The van der Waals surface area contributed by atoms with Crippen LogP contribution in [0.1, 0.15) is 38.3 Å². The molecular weight excluding hydrogens is 378 g/mol. The van der Waals surface area contributed by atoms with Crippen molar-refractivity contribution in [2.24, 2.45) is 0 Å². The average Bonchev–Trinajstić information content (AvgIpc) is 2.80. The van der Waals surface area contributed by atoms with Gasteiger partial charge in [-0.3, -0.25) is 4.79 Å². The number of hydrogen-bond donors (Lipinski definition) is 1. The molecule has 158 valence electrons. The van der Waals surface area contributed by atoms with Gasteiger partial charge in [-0.05, 0) is 42.0 Å². The van der Waals surface area contributed by atoms with Gasteiger partial charge in [0.15, 0.2) is 17.6 Å². The minimum Gasteiger partial charge on any atom is -0.493 e. The first kappa shape index (κ1) is 21.5. The molecule has 0 unspecified atom stereocenters. The van der Waals surface area contributed by atoms with Gasteiger partial charge in [0.1, 0.15) is 5.75 Å². The Morgan fingerprint density at radius 3 is 2.30 bits per heavy atom. The van der Waals surface area contributed by atoms with Crippen LogP contribution in [0.15, 0.2) is 60.7 Å². The van der Waals surface area contributed by atoms with Crippen LogP contribution in [-0.2, 0) is 4.79 Å². The van der Waals surface area contributed by atoms with Crippen LogP contribution in [0.5, 0.6) is 17.2 Å². The summed E-state index contributed by atoms with van der Waals surface area (Å²) in [5, 5.41) is 5.21. The third-order valence-electron chi connectivity index (χ3n) is 5.22. The highest BCUT2D eigenvalue weighted by Crippen LogP contribution is 2.31. The van der Waals surface area contributed by atoms with Crippen molar-refractivity contribution in [2.45, 2.75) is 38.8 Å². The molecular formula is C25H29NO4. The lowest BCUT2D eigenvalue weighted by Crippen LogP contribution is -2.40. The lowest BCUT2D eigenvalue weighted by atomic mass is 10.0. The van der Waals surface area contributed by atoms with E-state index in [0.29, 0.717) is 23.7 Å². The Hall–Kier alpha value is -3.21. The molecule has 0 radical (unpaired) electrons. The van der Waals surface area contributed by atoms with Crippen molar-refractivity contribution in [3.63, 3.8) is 0 Å². The van der Waals surface area contributed by atoms with Crippen LogP contribution in [0, 0.1) is 0 Å². The summed E-state index contributed by atoms with van der Waals surface area (Å²) in [5.74, 6) is 1.89. The monoisotopic (exact) mass is 407 g/mol.